The molecule has 4 aromatic rings. The maximum absolute atomic E-state index is 12.1. The van der Waals surface area contributed by atoms with E-state index in [4.69, 9.17) is 14.2 Å². The number of carbonyl (C=O) groups is 1. The minimum atomic E-state index is -0.162. The molecule has 3 aromatic carbocycles. The first kappa shape index (κ1) is 30.0. The van der Waals surface area contributed by atoms with Crippen molar-refractivity contribution in [3.8, 4) is 17.0 Å². The summed E-state index contributed by atoms with van der Waals surface area (Å²) in [4.78, 5) is 17.0. The van der Waals surface area contributed by atoms with E-state index in [0.29, 0.717) is 6.61 Å². The molecule has 2 aliphatic heterocycles. The van der Waals surface area contributed by atoms with E-state index in [0.717, 1.165) is 74.8 Å². The summed E-state index contributed by atoms with van der Waals surface area (Å²) in [5, 5.41) is 4.15. The number of ether oxygens (including phenoxy) is 3. The lowest BCUT2D eigenvalue weighted by molar-refractivity contribution is -0.119. The van der Waals surface area contributed by atoms with Crippen LogP contribution >= 0.6 is 0 Å². The van der Waals surface area contributed by atoms with E-state index in [1.807, 2.05) is 12.1 Å². The van der Waals surface area contributed by atoms with Gasteiger partial charge < -0.3 is 33.9 Å². The molecular weight excluding hydrogens is 552 g/mol. The predicted octanol–water partition coefficient (Wildman–Crippen LogP) is 6.40. The molecule has 1 N–H and O–H groups in total. The van der Waals surface area contributed by atoms with Gasteiger partial charge in [-0.3, -0.25) is 4.79 Å². The van der Waals surface area contributed by atoms with Gasteiger partial charge in [0.05, 0.1) is 24.4 Å². The molecule has 44 heavy (non-hydrogen) atoms. The molecule has 8 nitrogen and oxygen atoms in total. The summed E-state index contributed by atoms with van der Waals surface area (Å²) in [5.74, 6) is 0.692. The van der Waals surface area contributed by atoms with Crippen molar-refractivity contribution >= 4 is 33.9 Å². The van der Waals surface area contributed by atoms with Gasteiger partial charge in [0.25, 0.3) is 0 Å². The third kappa shape index (κ3) is 6.42. The van der Waals surface area contributed by atoms with E-state index in [1.165, 1.54) is 53.5 Å². The Bertz CT molecular complexity index is 1580. The summed E-state index contributed by atoms with van der Waals surface area (Å²) in [5.41, 5.74) is 9.27. The van der Waals surface area contributed by atoms with Gasteiger partial charge in [0.1, 0.15) is 19.0 Å². The van der Waals surface area contributed by atoms with Crippen LogP contribution in [-0.2, 0) is 34.3 Å². The lowest BCUT2D eigenvalue weighted by Crippen LogP contribution is -2.37. The molecule has 0 bridgehead atoms. The number of anilines is 3. The van der Waals surface area contributed by atoms with Gasteiger partial charge in [-0.1, -0.05) is 19.4 Å². The largest absolute Gasteiger partial charge is 0.489 e. The van der Waals surface area contributed by atoms with Crippen molar-refractivity contribution in [3.63, 3.8) is 0 Å². The number of carbonyl (C=O) groups excluding carboxylic acids is 1. The summed E-state index contributed by atoms with van der Waals surface area (Å²) in [6.45, 7) is 8.32. The standard InChI is InChI=1S/C36H44N4O4/c1-4-7-32-31-14-10-28(37-35(41)25-42-3)23-34(31)38(2)36(32)26-8-12-30(13-9-26)44-24-27-22-29(39-16-5-6-17-39)11-15-33(27)40-18-20-43-21-19-40/h8-15,22-23H,4-7,16-21,24-25H2,1-3H3,(H,37,41). The van der Waals surface area contributed by atoms with Crippen molar-refractivity contribution in [2.45, 2.75) is 39.2 Å². The Hall–Kier alpha value is -4.01. The van der Waals surface area contributed by atoms with Crippen LogP contribution in [0, 0.1) is 0 Å². The molecule has 1 amide bonds. The lowest BCUT2D eigenvalue weighted by Gasteiger charge is -2.31. The Morgan fingerprint density at radius 2 is 1.70 bits per heavy atom. The molecular formula is C36H44N4O4. The van der Waals surface area contributed by atoms with Crippen molar-refractivity contribution in [2.75, 3.05) is 68.2 Å². The molecule has 1 aromatic heterocycles. The number of nitrogens with one attached hydrogen (secondary N) is 1. The van der Waals surface area contributed by atoms with E-state index in [2.05, 4.69) is 82.2 Å². The molecule has 8 heteroatoms. The van der Waals surface area contributed by atoms with Gasteiger partial charge >= 0.3 is 0 Å². The van der Waals surface area contributed by atoms with Crippen LogP contribution in [0.15, 0.2) is 60.7 Å². The van der Waals surface area contributed by atoms with Crippen molar-refractivity contribution in [1.29, 1.82) is 0 Å². The number of nitrogens with zero attached hydrogens (tertiary/aromatic N) is 3. The van der Waals surface area contributed by atoms with Crippen LogP contribution in [0.4, 0.5) is 17.1 Å². The number of hydrogen-bond donors (Lipinski definition) is 1. The molecule has 2 fully saturated rings. The zero-order valence-corrected chi connectivity index (χ0v) is 26.2. The lowest BCUT2D eigenvalue weighted by atomic mass is 10.0. The summed E-state index contributed by atoms with van der Waals surface area (Å²) in [6.07, 6.45) is 4.53. The third-order valence-electron chi connectivity index (χ3n) is 8.77. The molecule has 0 saturated carbocycles. The second-order valence-corrected chi connectivity index (χ2v) is 11.8. The number of morpholine rings is 1. The first-order valence-electron chi connectivity index (χ1n) is 15.9. The molecule has 0 atom stereocenters. The summed E-state index contributed by atoms with van der Waals surface area (Å²) in [6, 6.07) is 21.5. The number of aromatic nitrogens is 1. The van der Waals surface area contributed by atoms with Gasteiger partial charge in [0.15, 0.2) is 0 Å². The fraction of sp³-hybridized carbons (Fsp3) is 0.417. The minimum Gasteiger partial charge on any atom is -0.489 e. The molecule has 232 valence electrons. The molecule has 2 saturated heterocycles. The van der Waals surface area contributed by atoms with Crippen molar-refractivity contribution in [2.24, 2.45) is 7.05 Å². The van der Waals surface area contributed by atoms with E-state index in [1.54, 1.807) is 0 Å². The molecule has 0 radical (unpaired) electrons. The highest BCUT2D eigenvalue weighted by molar-refractivity contribution is 5.97. The number of aryl methyl sites for hydroxylation is 2. The Morgan fingerprint density at radius 1 is 0.932 bits per heavy atom. The second kappa shape index (κ2) is 13.7. The highest BCUT2D eigenvalue weighted by Crippen LogP contribution is 2.36. The van der Waals surface area contributed by atoms with E-state index < -0.39 is 0 Å². The van der Waals surface area contributed by atoms with Gasteiger partial charge in [-0.15, -0.1) is 0 Å². The van der Waals surface area contributed by atoms with Crippen LogP contribution in [-0.4, -0.2) is 63.6 Å². The summed E-state index contributed by atoms with van der Waals surface area (Å²) >= 11 is 0. The average molecular weight is 597 g/mol. The van der Waals surface area contributed by atoms with Crippen molar-refractivity contribution in [1.82, 2.24) is 4.57 Å². The van der Waals surface area contributed by atoms with Gasteiger partial charge in [-0.25, -0.2) is 0 Å². The zero-order chi connectivity index (χ0) is 30.5. The Kier molecular flexibility index (Phi) is 9.38. The number of amides is 1. The number of rotatable bonds is 11. The van der Waals surface area contributed by atoms with Crippen molar-refractivity contribution < 1.29 is 19.0 Å². The fourth-order valence-electron chi connectivity index (χ4n) is 6.63. The van der Waals surface area contributed by atoms with Crippen LogP contribution < -0.4 is 19.9 Å². The molecule has 0 unspecified atom stereocenters. The highest BCUT2D eigenvalue weighted by Gasteiger charge is 2.20. The quantitative estimate of drug-likeness (QED) is 0.216. The first-order valence-corrected chi connectivity index (χ1v) is 15.9. The number of benzene rings is 3. The van der Waals surface area contributed by atoms with Crippen LogP contribution in [0.3, 0.4) is 0 Å². The van der Waals surface area contributed by atoms with Crippen LogP contribution in [0.1, 0.15) is 37.3 Å². The van der Waals surface area contributed by atoms with Crippen LogP contribution in [0.2, 0.25) is 0 Å². The first-order chi connectivity index (χ1) is 21.6. The van der Waals surface area contributed by atoms with Gasteiger partial charge in [-0.05, 0) is 85.0 Å². The molecule has 0 aliphatic carbocycles. The minimum absolute atomic E-state index is 0.0321. The maximum Gasteiger partial charge on any atom is 0.250 e. The normalized spacial score (nSPS) is 15.2. The Balaban J connectivity index is 1.24. The van der Waals surface area contributed by atoms with E-state index in [-0.39, 0.29) is 12.5 Å². The zero-order valence-electron chi connectivity index (χ0n) is 26.2. The van der Waals surface area contributed by atoms with Crippen LogP contribution in [0.25, 0.3) is 22.2 Å². The monoisotopic (exact) mass is 596 g/mol. The molecule has 6 rings (SSSR count). The molecule has 2 aliphatic rings. The highest BCUT2D eigenvalue weighted by atomic mass is 16.5. The average Bonchev–Trinajstić information content (AvgIpc) is 3.68. The third-order valence-corrected chi connectivity index (χ3v) is 8.77. The van der Waals surface area contributed by atoms with Gasteiger partial charge in [-0.2, -0.15) is 0 Å². The maximum atomic E-state index is 12.1. The van der Waals surface area contributed by atoms with E-state index in [9.17, 15) is 4.79 Å². The summed E-state index contributed by atoms with van der Waals surface area (Å²) in [7, 11) is 3.62. The van der Waals surface area contributed by atoms with E-state index >= 15 is 0 Å². The second-order valence-electron chi connectivity index (χ2n) is 11.8. The van der Waals surface area contributed by atoms with Gasteiger partial charge in [0, 0.05) is 68.3 Å². The van der Waals surface area contributed by atoms with Crippen molar-refractivity contribution in [3.05, 3.63) is 71.8 Å². The molecule has 0 spiro atoms. The number of fused-ring (bicyclic) bond motifs is 1. The SMILES string of the molecule is CCCc1c(-c2ccc(OCc3cc(N4CCCC4)ccc3N3CCOCC3)cc2)n(C)c2cc(NC(=O)COC)ccc12. The van der Waals surface area contributed by atoms with Gasteiger partial charge in [0.2, 0.25) is 5.91 Å². The topological polar surface area (TPSA) is 68.2 Å². The summed E-state index contributed by atoms with van der Waals surface area (Å²) < 4.78 is 19.3. The van der Waals surface area contributed by atoms with Crippen LogP contribution in [0.5, 0.6) is 5.75 Å². The Labute approximate surface area is 260 Å². The number of hydrogen-bond acceptors (Lipinski definition) is 6. The fourth-order valence-corrected chi connectivity index (χ4v) is 6.63. The predicted molar refractivity (Wildman–Crippen MR) is 178 cm³/mol. The smallest absolute Gasteiger partial charge is 0.250 e. The number of methoxy groups -OCH3 is 1. The molecule has 3 heterocycles. The Morgan fingerprint density at radius 3 is 2.43 bits per heavy atom.